The molecule has 0 aliphatic carbocycles. The Balaban J connectivity index is 2.71. The summed E-state index contributed by atoms with van der Waals surface area (Å²) in [5, 5.41) is 0. The van der Waals surface area contributed by atoms with Crippen molar-refractivity contribution < 1.29 is 16.8 Å². The zero-order valence-electron chi connectivity index (χ0n) is 5.60. The lowest BCUT2D eigenvalue weighted by Crippen LogP contribution is -2.11. The standard InChI is InChI=1S/C5H3NO5S/c7-5-4-3(1-2-6-5)10-12(8,9)11-4/h1-2H,(H,6,7). The Morgan fingerprint density at radius 1 is 1.33 bits per heavy atom. The number of hydrogen-bond donors (Lipinski definition) is 1. The van der Waals surface area contributed by atoms with Crippen LogP contribution in [0.25, 0.3) is 0 Å². The van der Waals surface area contributed by atoms with Crippen LogP contribution in [-0.4, -0.2) is 13.4 Å². The van der Waals surface area contributed by atoms with E-state index in [4.69, 9.17) is 0 Å². The molecule has 0 atom stereocenters. The molecule has 0 fully saturated rings. The van der Waals surface area contributed by atoms with Crippen LogP contribution in [0.3, 0.4) is 0 Å². The van der Waals surface area contributed by atoms with Crippen molar-refractivity contribution in [3.05, 3.63) is 22.6 Å². The third-order valence-electron chi connectivity index (χ3n) is 1.26. The zero-order valence-corrected chi connectivity index (χ0v) is 6.42. The first-order valence-corrected chi connectivity index (χ1v) is 4.27. The molecule has 2 rings (SSSR count). The third kappa shape index (κ3) is 0.944. The maximum Gasteiger partial charge on any atom is 0.501 e. The van der Waals surface area contributed by atoms with E-state index < -0.39 is 16.0 Å². The Kier molecular flexibility index (Phi) is 1.20. The summed E-state index contributed by atoms with van der Waals surface area (Å²) >= 11 is 0. The van der Waals surface area contributed by atoms with Gasteiger partial charge < -0.3 is 13.4 Å². The summed E-state index contributed by atoms with van der Waals surface area (Å²) < 4.78 is 29.8. The van der Waals surface area contributed by atoms with Gasteiger partial charge in [0.2, 0.25) is 0 Å². The van der Waals surface area contributed by atoms with Gasteiger partial charge in [-0.25, -0.2) is 0 Å². The Morgan fingerprint density at radius 2 is 2.08 bits per heavy atom. The molecular weight excluding hydrogens is 186 g/mol. The van der Waals surface area contributed by atoms with Crippen LogP contribution in [0.2, 0.25) is 0 Å². The molecule has 7 heteroatoms. The van der Waals surface area contributed by atoms with Gasteiger partial charge in [0, 0.05) is 12.3 Å². The molecule has 0 amide bonds. The van der Waals surface area contributed by atoms with Gasteiger partial charge in [0.25, 0.3) is 11.3 Å². The highest BCUT2D eigenvalue weighted by Gasteiger charge is 2.30. The van der Waals surface area contributed by atoms with Gasteiger partial charge >= 0.3 is 10.4 Å². The predicted molar refractivity (Wildman–Crippen MR) is 37.2 cm³/mol. The van der Waals surface area contributed by atoms with Crippen LogP contribution >= 0.6 is 0 Å². The van der Waals surface area contributed by atoms with Crippen LogP contribution in [0.4, 0.5) is 0 Å². The van der Waals surface area contributed by atoms with Crippen LogP contribution in [-0.2, 0) is 10.4 Å². The fourth-order valence-corrected chi connectivity index (χ4v) is 1.57. The first kappa shape index (κ1) is 7.17. The summed E-state index contributed by atoms with van der Waals surface area (Å²) in [4.78, 5) is 13.1. The second-order valence-electron chi connectivity index (χ2n) is 2.08. The molecule has 0 radical (unpaired) electrons. The van der Waals surface area contributed by atoms with Gasteiger partial charge in [0.1, 0.15) is 0 Å². The van der Waals surface area contributed by atoms with Crippen LogP contribution in [0, 0.1) is 0 Å². The van der Waals surface area contributed by atoms with Crippen molar-refractivity contribution >= 4 is 10.4 Å². The summed E-state index contributed by atoms with van der Waals surface area (Å²) in [6, 6.07) is 1.29. The monoisotopic (exact) mass is 189 g/mol. The molecule has 0 saturated carbocycles. The van der Waals surface area contributed by atoms with E-state index in [-0.39, 0.29) is 11.5 Å². The number of aromatic amines is 1. The van der Waals surface area contributed by atoms with E-state index in [1.165, 1.54) is 12.3 Å². The molecule has 1 aromatic rings. The van der Waals surface area contributed by atoms with Crippen LogP contribution in [0.15, 0.2) is 17.1 Å². The molecule has 0 unspecified atom stereocenters. The van der Waals surface area contributed by atoms with E-state index in [0.29, 0.717) is 0 Å². The van der Waals surface area contributed by atoms with Crippen molar-refractivity contribution in [2.75, 3.05) is 0 Å². The van der Waals surface area contributed by atoms with Gasteiger partial charge in [-0.1, -0.05) is 0 Å². The lowest BCUT2D eigenvalue weighted by molar-refractivity contribution is 0.435. The quantitative estimate of drug-likeness (QED) is 0.588. The first-order chi connectivity index (χ1) is 5.58. The number of fused-ring (bicyclic) bond motifs is 1. The van der Waals surface area contributed by atoms with Crippen molar-refractivity contribution in [1.29, 1.82) is 0 Å². The fraction of sp³-hybridized carbons (Fsp3) is 0. The zero-order chi connectivity index (χ0) is 8.77. The maximum absolute atomic E-state index is 10.9. The number of nitrogens with one attached hydrogen (secondary N) is 1. The smallest absolute Gasteiger partial charge is 0.348 e. The van der Waals surface area contributed by atoms with E-state index in [2.05, 4.69) is 13.4 Å². The predicted octanol–water partition coefficient (Wildman–Crippen LogP) is -0.609. The highest BCUT2D eigenvalue weighted by molar-refractivity contribution is 7.82. The van der Waals surface area contributed by atoms with Gasteiger partial charge in [-0.3, -0.25) is 4.79 Å². The summed E-state index contributed by atoms with van der Waals surface area (Å²) in [5.74, 6) is -0.406. The van der Waals surface area contributed by atoms with Crippen LogP contribution < -0.4 is 13.9 Å². The van der Waals surface area contributed by atoms with Gasteiger partial charge in [0.05, 0.1) is 0 Å². The van der Waals surface area contributed by atoms with E-state index in [1.54, 1.807) is 0 Å². The van der Waals surface area contributed by atoms with E-state index >= 15 is 0 Å². The molecule has 0 bridgehead atoms. The van der Waals surface area contributed by atoms with Crippen LogP contribution in [0.5, 0.6) is 11.5 Å². The normalized spacial score (nSPS) is 17.7. The van der Waals surface area contributed by atoms with Crippen molar-refractivity contribution in [2.45, 2.75) is 0 Å². The molecule has 0 aromatic carbocycles. The van der Waals surface area contributed by atoms with E-state index in [9.17, 15) is 13.2 Å². The number of rotatable bonds is 0. The molecule has 0 saturated heterocycles. The van der Waals surface area contributed by atoms with Crippen molar-refractivity contribution in [3.8, 4) is 11.5 Å². The summed E-state index contributed by atoms with van der Waals surface area (Å²) in [7, 11) is -4.05. The molecule has 12 heavy (non-hydrogen) atoms. The fourth-order valence-electron chi connectivity index (χ4n) is 0.820. The first-order valence-electron chi connectivity index (χ1n) is 2.94. The second-order valence-corrected chi connectivity index (χ2v) is 3.22. The van der Waals surface area contributed by atoms with Crippen molar-refractivity contribution in [3.63, 3.8) is 0 Å². The van der Waals surface area contributed by atoms with Crippen LogP contribution in [0.1, 0.15) is 0 Å². The Bertz CT molecular complexity index is 473. The number of H-pyrrole nitrogens is 1. The van der Waals surface area contributed by atoms with Crippen molar-refractivity contribution in [2.24, 2.45) is 0 Å². The molecule has 1 N–H and O–H groups in total. The molecule has 6 nitrogen and oxygen atoms in total. The van der Waals surface area contributed by atoms with Gasteiger partial charge in [-0.15, -0.1) is 8.42 Å². The topological polar surface area (TPSA) is 85.5 Å². The Hall–Kier alpha value is -1.50. The molecular formula is C5H3NO5S. The largest absolute Gasteiger partial charge is 0.501 e. The van der Waals surface area contributed by atoms with Crippen molar-refractivity contribution in [1.82, 2.24) is 4.98 Å². The Morgan fingerprint density at radius 3 is 2.75 bits per heavy atom. The molecule has 0 spiro atoms. The lowest BCUT2D eigenvalue weighted by Gasteiger charge is -1.87. The van der Waals surface area contributed by atoms with Gasteiger partial charge in [0.15, 0.2) is 5.75 Å². The SMILES string of the molecule is O=c1[nH]ccc2c1OS(=O)(=O)O2. The lowest BCUT2D eigenvalue weighted by atomic mass is 10.4. The summed E-state index contributed by atoms with van der Waals surface area (Å²) in [6.45, 7) is 0. The average molecular weight is 189 g/mol. The molecule has 64 valence electrons. The van der Waals surface area contributed by atoms with E-state index in [1.807, 2.05) is 0 Å². The number of pyridine rings is 1. The number of hydrogen-bond acceptors (Lipinski definition) is 5. The minimum atomic E-state index is -4.05. The highest BCUT2D eigenvalue weighted by atomic mass is 32.3. The van der Waals surface area contributed by atoms with Gasteiger partial charge in [-0.05, 0) is 0 Å². The summed E-state index contributed by atoms with van der Waals surface area (Å²) in [6.07, 6.45) is 1.27. The molecule has 1 aliphatic heterocycles. The molecule has 1 aromatic heterocycles. The molecule has 1 aliphatic rings. The van der Waals surface area contributed by atoms with E-state index in [0.717, 1.165) is 0 Å². The minimum absolute atomic E-state index is 0.0845. The Labute approximate surface area is 67.1 Å². The third-order valence-corrected chi connectivity index (χ3v) is 2.01. The van der Waals surface area contributed by atoms with Gasteiger partial charge in [-0.2, -0.15) is 0 Å². The highest BCUT2D eigenvalue weighted by Crippen LogP contribution is 2.30. The second kappa shape index (κ2) is 2.01. The molecule has 2 heterocycles. The minimum Gasteiger partial charge on any atom is -0.348 e. The number of aromatic nitrogens is 1. The summed E-state index contributed by atoms with van der Waals surface area (Å²) in [5.41, 5.74) is -0.631. The maximum atomic E-state index is 10.9. The average Bonchev–Trinajstić information content (AvgIpc) is 2.25.